The normalized spacial score (nSPS) is 14.0. The number of benzene rings is 2. The molecule has 0 bridgehead atoms. The molecule has 0 N–H and O–H groups in total. The molecule has 6 heteroatoms. The fraction of sp³-hybridized carbons (Fsp3) is 0.190. The van der Waals surface area contributed by atoms with E-state index in [0.29, 0.717) is 23.0 Å². The molecule has 5 nitrogen and oxygen atoms in total. The highest BCUT2D eigenvalue weighted by molar-refractivity contribution is 6.30. The summed E-state index contributed by atoms with van der Waals surface area (Å²) in [5.74, 6) is 0.409. The number of hydrogen-bond acceptors (Lipinski definition) is 3. The van der Waals surface area contributed by atoms with Gasteiger partial charge >= 0.3 is 0 Å². The van der Waals surface area contributed by atoms with Gasteiger partial charge in [0.1, 0.15) is 5.52 Å². The van der Waals surface area contributed by atoms with Crippen LogP contribution in [0.25, 0.3) is 16.6 Å². The van der Waals surface area contributed by atoms with E-state index in [1.54, 1.807) is 15.6 Å². The van der Waals surface area contributed by atoms with E-state index in [1.165, 1.54) is 0 Å². The monoisotopic (exact) mass is 376 g/mol. The van der Waals surface area contributed by atoms with Gasteiger partial charge in [-0.15, -0.1) is 0 Å². The Bertz CT molecular complexity index is 1190. The second-order valence-corrected chi connectivity index (χ2v) is 7.34. The zero-order valence-electron chi connectivity index (χ0n) is 14.5. The first-order chi connectivity index (χ1) is 13.2. The van der Waals surface area contributed by atoms with Crippen LogP contribution in [0.2, 0.25) is 5.02 Å². The fourth-order valence-corrected chi connectivity index (χ4v) is 3.64. The van der Waals surface area contributed by atoms with Crippen LogP contribution in [0.1, 0.15) is 30.0 Å². The second-order valence-electron chi connectivity index (χ2n) is 6.91. The van der Waals surface area contributed by atoms with Gasteiger partial charge in [-0.3, -0.25) is 4.79 Å². The highest BCUT2D eigenvalue weighted by Gasteiger charge is 2.30. The van der Waals surface area contributed by atoms with Crippen molar-refractivity contribution in [2.45, 2.75) is 25.3 Å². The lowest BCUT2D eigenvalue weighted by atomic mass is 10.2. The van der Waals surface area contributed by atoms with E-state index in [2.05, 4.69) is 5.10 Å². The van der Waals surface area contributed by atoms with Crippen molar-refractivity contribution >= 4 is 22.5 Å². The van der Waals surface area contributed by atoms with Crippen molar-refractivity contribution in [3.8, 4) is 5.69 Å². The quantitative estimate of drug-likeness (QED) is 0.537. The summed E-state index contributed by atoms with van der Waals surface area (Å²) in [6, 6.07) is 17.3. The van der Waals surface area contributed by atoms with E-state index in [0.717, 1.165) is 35.2 Å². The molecule has 0 amide bonds. The lowest BCUT2D eigenvalue weighted by Crippen LogP contribution is -2.26. The molecule has 0 aliphatic heterocycles. The van der Waals surface area contributed by atoms with Crippen molar-refractivity contribution < 1.29 is 0 Å². The van der Waals surface area contributed by atoms with Crippen LogP contribution in [0.3, 0.4) is 0 Å². The Morgan fingerprint density at radius 1 is 1.07 bits per heavy atom. The summed E-state index contributed by atoms with van der Waals surface area (Å²) in [5, 5.41) is 10.7. The Hall–Kier alpha value is -2.92. The first-order valence-electron chi connectivity index (χ1n) is 8.99. The van der Waals surface area contributed by atoms with Crippen LogP contribution in [-0.2, 0) is 6.54 Å². The van der Waals surface area contributed by atoms with E-state index in [1.807, 2.05) is 54.6 Å². The topological polar surface area (TPSA) is 52.7 Å². The first kappa shape index (κ1) is 16.3. The fourth-order valence-electron chi connectivity index (χ4n) is 3.43. The predicted molar refractivity (Wildman–Crippen MR) is 106 cm³/mol. The minimum atomic E-state index is -0.143. The molecule has 2 aromatic carbocycles. The summed E-state index contributed by atoms with van der Waals surface area (Å²) in [6.45, 7) is 0.384. The number of halogens is 1. The maximum Gasteiger partial charge on any atom is 0.293 e. The summed E-state index contributed by atoms with van der Waals surface area (Å²) in [5.41, 5.74) is 3.22. The molecule has 0 radical (unpaired) electrons. The van der Waals surface area contributed by atoms with Gasteiger partial charge in [0.15, 0.2) is 0 Å². The number of rotatable bonds is 4. The number of aromatic nitrogens is 4. The summed E-state index contributed by atoms with van der Waals surface area (Å²) in [6.07, 6.45) is 3.98. The van der Waals surface area contributed by atoms with Crippen LogP contribution in [0.5, 0.6) is 0 Å². The predicted octanol–water partition coefficient (Wildman–Crippen LogP) is 4.16. The van der Waals surface area contributed by atoms with Gasteiger partial charge in [0.2, 0.25) is 0 Å². The third-order valence-corrected chi connectivity index (χ3v) is 5.13. The van der Waals surface area contributed by atoms with Gasteiger partial charge < -0.3 is 0 Å². The van der Waals surface area contributed by atoms with Crippen molar-refractivity contribution in [1.82, 2.24) is 19.6 Å². The van der Waals surface area contributed by atoms with E-state index in [-0.39, 0.29) is 5.56 Å². The SMILES string of the molecule is O=c1c2c(cnn2-c2ccccc2)c(C2CC2)nn1Cc1cccc(Cl)c1. The Labute approximate surface area is 160 Å². The molecule has 0 atom stereocenters. The largest absolute Gasteiger partial charge is 0.293 e. The molecule has 1 aliphatic carbocycles. The summed E-state index contributed by atoms with van der Waals surface area (Å²) < 4.78 is 3.27. The molecule has 0 saturated heterocycles. The third kappa shape index (κ3) is 2.94. The number of fused-ring (bicyclic) bond motifs is 1. The van der Waals surface area contributed by atoms with Gasteiger partial charge in [-0.05, 0) is 42.7 Å². The van der Waals surface area contributed by atoms with Gasteiger partial charge in [-0.2, -0.15) is 10.2 Å². The Kier molecular flexibility index (Phi) is 3.83. The molecule has 0 unspecified atom stereocenters. The average Bonchev–Trinajstić information content (AvgIpc) is 3.42. The molecule has 27 heavy (non-hydrogen) atoms. The Morgan fingerprint density at radius 2 is 1.89 bits per heavy atom. The van der Waals surface area contributed by atoms with Crippen LogP contribution in [-0.4, -0.2) is 19.6 Å². The Balaban J connectivity index is 1.72. The first-order valence-corrected chi connectivity index (χ1v) is 9.37. The van der Waals surface area contributed by atoms with E-state index >= 15 is 0 Å². The summed E-state index contributed by atoms with van der Waals surface area (Å²) in [4.78, 5) is 13.3. The molecule has 1 fully saturated rings. The van der Waals surface area contributed by atoms with Crippen molar-refractivity contribution in [3.05, 3.63) is 87.4 Å². The zero-order valence-corrected chi connectivity index (χ0v) is 15.3. The summed E-state index contributed by atoms with van der Waals surface area (Å²) >= 11 is 6.10. The highest BCUT2D eigenvalue weighted by atomic mass is 35.5. The maximum atomic E-state index is 13.3. The zero-order chi connectivity index (χ0) is 18.4. The van der Waals surface area contributed by atoms with Gasteiger partial charge in [-0.25, -0.2) is 9.36 Å². The Morgan fingerprint density at radius 3 is 2.63 bits per heavy atom. The van der Waals surface area contributed by atoms with Crippen molar-refractivity contribution in [1.29, 1.82) is 0 Å². The lowest BCUT2D eigenvalue weighted by molar-refractivity contribution is 0.626. The molecule has 5 rings (SSSR count). The average molecular weight is 377 g/mol. The second kappa shape index (κ2) is 6.35. The van der Waals surface area contributed by atoms with E-state index in [9.17, 15) is 4.79 Å². The van der Waals surface area contributed by atoms with Crippen molar-refractivity contribution in [3.63, 3.8) is 0 Å². The van der Waals surface area contributed by atoms with Crippen molar-refractivity contribution in [2.24, 2.45) is 0 Å². The number of nitrogens with zero attached hydrogens (tertiary/aromatic N) is 4. The minimum absolute atomic E-state index is 0.143. The molecular weight excluding hydrogens is 360 g/mol. The molecule has 2 aromatic heterocycles. The molecule has 2 heterocycles. The molecular formula is C21H17ClN4O. The van der Waals surface area contributed by atoms with Crippen LogP contribution < -0.4 is 5.56 Å². The number of para-hydroxylation sites is 1. The van der Waals surface area contributed by atoms with E-state index < -0.39 is 0 Å². The molecule has 0 spiro atoms. The van der Waals surface area contributed by atoms with Crippen LogP contribution in [0.4, 0.5) is 0 Å². The van der Waals surface area contributed by atoms with Crippen LogP contribution in [0, 0.1) is 0 Å². The van der Waals surface area contributed by atoms with Gasteiger partial charge in [-0.1, -0.05) is 41.9 Å². The number of hydrogen-bond donors (Lipinski definition) is 0. The van der Waals surface area contributed by atoms with Crippen LogP contribution in [0.15, 0.2) is 65.6 Å². The van der Waals surface area contributed by atoms with Crippen LogP contribution >= 0.6 is 11.6 Å². The maximum absolute atomic E-state index is 13.3. The smallest absolute Gasteiger partial charge is 0.265 e. The third-order valence-electron chi connectivity index (χ3n) is 4.90. The molecule has 1 saturated carbocycles. The standard InChI is InChI=1S/C21H17ClN4O/c22-16-6-4-5-14(11-16)13-25-21(27)20-18(19(24-25)15-9-10-15)12-23-26(20)17-7-2-1-3-8-17/h1-8,11-12,15H,9-10,13H2. The lowest BCUT2D eigenvalue weighted by Gasteiger charge is -2.10. The van der Waals surface area contributed by atoms with Gasteiger partial charge in [0, 0.05) is 16.3 Å². The molecule has 1 aliphatic rings. The van der Waals surface area contributed by atoms with Gasteiger partial charge in [0.05, 0.1) is 24.1 Å². The summed E-state index contributed by atoms with van der Waals surface area (Å²) in [7, 11) is 0. The molecule has 4 aromatic rings. The highest BCUT2D eigenvalue weighted by Crippen LogP contribution is 2.41. The molecule has 134 valence electrons. The van der Waals surface area contributed by atoms with Gasteiger partial charge in [0.25, 0.3) is 5.56 Å². The van der Waals surface area contributed by atoms with E-state index in [4.69, 9.17) is 16.7 Å². The minimum Gasteiger partial charge on any atom is -0.265 e. The van der Waals surface area contributed by atoms with Crippen molar-refractivity contribution in [2.75, 3.05) is 0 Å².